The summed E-state index contributed by atoms with van der Waals surface area (Å²) in [6, 6.07) is 10.4. The Bertz CT molecular complexity index is 517. The van der Waals surface area contributed by atoms with Crippen LogP contribution in [0.5, 0.6) is 0 Å². The van der Waals surface area contributed by atoms with E-state index in [1.807, 2.05) is 18.2 Å². The van der Waals surface area contributed by atoms with Gasteiger partial charge in [-0.2, -0.15) is 0 Å². The minimum absolute atomic E-state index is 0.117. The number of nitrogens with zero attached hydrogens (tertiary/aromatic N) is 1. The van der Waals surface area contributed by atoms with Crippen molar-refractivity contribution >= 4 is 11.7 Å². The lowest BCUT2D eigenvalue weighted by molar-refractivity contribution is 0.128. The van der Waals surface area contributed by atoms with Crippen molar-refractivity contribution in [1.82, 2.24) is 10.6 Å². The highest BCUT2D eigenvalue weighted by Gasteiger charge is 2.24. The Kier molecular flexibility index (Phi) is 6.49. The van der Waals surface area contributed by atoms with Gasteiger partial charge in [-0.3, -0.25) is 0 Å². The molecule has 1 saturated heterocycles. The van der Waals surface area contributed by atoms with Crippen LogP contribution in [0, 0.1) is 5.41 Å². The fourth-order valence-electron chi connectivity index (χ4n) is 3.40. The van der Waals surface area contributed by atoms with E-state index in [1.165, 1.54) is 5.69 Å². The summed E-state index contributed by atoms with van der Waals surface area (Å²) in [5.74, 6) is 0. The molecule has 0 aromatic heterocycles. The Morgan fingerprint density at radius 3 is 2.75 bits per heavy atom. The van der Waals surface area contributed by atoms with E-state index in [1.54, 1.807) is 6.92 Å². The van der Waals surface area contributed by atoms with Gasteiger partial charge in [0, 0.05) is 31.4 Å². The first-order valence-corrected chi connectivity index (χ1v) is 8.88. The molecule has 0 spiro atoms. The largest absolute Gasteiger partial charge is 0.393 e. The zero-order valence-electron chi connectivity index (χ0n) is 15.1. The highest BCUT2D eigenvalue weighted by Crippen LogP contribution is 2.21. The fraction of sp³-hybridized carbons (Fsp3) is 0.632. The number of carbonyl (C=O) groups excluding carboxylic acids is 1. The molecule has 2 rings (SSSR count). The van der Waals surface area contributed by atoms with Gasteiger partial charge in [0.1, 0.15) is 0 Å². The third-order valence-corrected chi connectivity index (χ3v) is 4.45. The second kappa shape index (κ2) is 8.38. The van der Waals surface area contributed by atoms with E-state index in [4.69, 9.17) is 0 Å². The van der Waals surface area contributed by atoms with Gasteiger partial charge in [0.15, 0.2) is 0 Å². The van der Waals surface area contributed by atoms with Gasteiger partial charge in [-0.05, 0) is 43.7 Å². The molecule has 2 atom stereocenters. The van der Waals surface area contributed by atoms with Crippen molar-refractivity contribution in [3.63, 3.8) is 0 Å². The van der Waals surface area contributed by atoms with Crippen molar-refractivity contribution in [3.05, 3.63) is 30.3 Å². The summed E-state index contributed by atoms with van der Waals surface area (Å²) < 4.78 is 0. The minimum atomic E-state index is -0.359. The molecule has 1 aliphatic rings. The SMILES string of the molecule is C[C@@H](O)CC(C)(C)CNC(=O)N[C@@H]1CCCN(c2ccccc2)C1. The average molecular weight is 333 g/mol. The molecular formula is C19H31N3O2. The molecule has 1 fully saturated rings. The van der Waals surface area contributed by atoms with Crippen LogP contribution in [0.4, 0.5) is 10.5 Å². The maximum absolute atomic E-state index is 12.2. The number of aliphatic hydroxyl groups excluding tert-OH is 1. The van der Waals surface area contributed by atoms with Gasteiger partial charge in [0.2, 0.25) is 0 Å². The summed E-state index contributed by atoms with van der Waals surface area (Å²) in [5, 5.41) is 15.6. The molecule has 3 N–H and O–H groups in total. The first kappa shape index (κ1) is 18.6. The molecule has 2 amide bonds. The maximum atomic E-state index is 12.2. The number of amides is 2. The van der Waals surface area contributed by atoms with Gasteiger partial charge < -0.3 is 20.6 Å². The number of rotatable bonds is 6. The van der Waals surface area contributed by atoms with Crippen molar-refractivity contribution < 1.29 is 9.90 Å². The summed E-state index contributed by atoms with van der Waals surface area (Å²) in [6.07, 6.45) is 2.39. The highest BCUT2D eigenvalue weighted by atomic mass is 16.3. The van der Waals surface area contributed by atoms with Gasteiger partial charge >= 0.3 is 6.03 Å². The van der Waals surface area contributed by atoms with Crippen molar-refractivity contribution in [2.75, 3.05) is 24.5 Å². The second-order valence-electron chi connectivity index (χ2n) is 7.67. The van der Waals surface area contributed by atoms with Gasteiger partial charge in [0.25, 0.3) is 0 Å². The minimum Gasteiger partial charge on any atom is -0.393 e. The van der Waals surface area contributed by atoms with E-state index in [0.29, 0.717) is 13.0 Å². The maximum Gasteiger partial charge on any atom is 0.315 e. The van der Waals surface area contributed by atoms with Crippen molar-refractivity contribution in [1.29, 1.82) is 0 Å². The van der Waals surface area contributed by atoms with Crippen LogP contribution < -0.4 is 15.5 Å². The number of urea groups is 1. The van der Waals surface area contributed by atoms with E-state index >= 15 is 0 Å². The summed E-state index contributed by atoms with van der Waals surface area (Å²) in [7, 11) is 0. The molecule has 0 saturated carbocycles. The van der Waals surface area contributed by atoms with Gasteiger partial charge in [-0.1, -0.05) is 32.0 Å². The number of anilines is 1. The molecular weight excluding hydrogens is 302 g/mol. The molecule has 5 nitrogen and oxygen atoms in total. The third-order valence-electron chi connectivity index (χ3n) is 4.45. The van der Waals surface area contributed by atoms with E-state index in [0.717, 1.165) is 25.9 Å². The Labute approximate surface area is 145 Å². The highest BCUT2D eigenvalue weighted by molar-refractivity contribution is 5.74. The Balaban J connectivity index is 1.79. The number of piperidine rings is 1. The number of para-hydroxylation sites is 1. The molecule has 0 bridgehead atoms. The molecule has 24 heavy (non-hydrogen) atoms. The Morgan fingerprint density at radius 2 is 2.08 bits per heavy atom. The predicted octanol–water partition coefficient (Wildman–Crippen LogP) is 2.75. The Hall–Kier alpha value is -1.75. The topological polar surface area (TPSA) is 64.6 Å². The van der Waals surface area contributed by atoms with E-state index in [9.17, 15) is 9.90 Å². The van der Waals surface area contributed by atoms with Crippen LogP contribution in [0.2, 0.25) is 0 Å². The summed E-state index contributed by atoms with van der Waals surface area (Å²) in [5.41, 5.74) is 1.09. The molecule has 0 radical (unpaired) electrons. The summed E-state index contributed by atoms with van der Waals surface area (Å²) in [4.78, 5) is 14.5. The van der Waals surface area contributed by atoms with E-state index < -0.39 is 0 Å². The fourth-order valence-corrected chi connectivity index (χ4v) is 3.40. The van der Waals surface area contributed by atoms with Crippen molar-refractivity contribution in [2.45, 2.75) is 52.2 Å². The monoisotopic (exact) mass is 333 g/mol. The average Bonchev–Trinajstić information content (AvgIpc) is 2.53. The van der Waals surface area contributed by atoms with Crippen LogP contribution in [-0.2, 0) is 0 Å². The van der Waals surface area contributed by atoms with Gasteiger partial charge in [-0.25, -0.2) is 4.79 Å². The molecule has 134 valence electrons. The van der Waals surface area contributed by atoms with Gasteiger partial charge in [-0.15, -0.1) is 0 Å². The third kappa shape index (κ3) is 6.04. The lowest BCUT2D eigenvalue weighted by atomic mass is 9.87. The first-order valence-electron chi connectivity index (χ1n) is 8.88. The molecule has 1 aromatic rings. The number of benzene rings is 1. The number of hydrogen-bond donors (Lipinski definition) is 3. The lowest BCUT2D eigenvalue weighted by Crippen LogP contribution is -2.51. The number of hydrogen-bond acceptors (Lipinski definition) is 3. The molecule has 1 aliphatic heterocycles. The zero-order valence-corrected chi connectivity index (χ0v) is 15.1. The van der Waals surface area contributed by atoms with Gasteiger partial charge in [0.05, 0.1) is 6.10 Å². The molecule has 1 heterocycles. The summed E-state index contributed by atoms with van der Waals surface area (Å²) in [6.45, 7) is 8.32. The summed E-state index contributed by atoms with van der Waals surface area (Å²) >= 11 is 0. The first-order chi connectivity index (χ1) is 11.4. The number of aliphatic hydroxyl groups is 1. The molecule has 1 aromatic carbocycles. The van der Waals surface area contributed by atoms with Crippen LogP contribution in [-0.4, -0.2) is 42.9 Å². The standard InChI is InChI=1S/C19H31N3O2/c1-15(23)12-19(2,3)14-20-18(24)21-16-8-7-11-22(13-16)17-9-5-4-6-10-17/h4-6,9-10,15-16,23H,7-8,11-14H2,1-3H3,(H2,20,21,24)/t15-,16-/m1/s1. The molecule has 5 heteroatoms. The van der Waals surface area contributed by atoms with Crippen LogP contribution in [0.1, 0.15) is 40.0 Å². The normalized spacial score (nSPS) is 19.7. The van der Waals surface area contributed by atoms with Crippen LogP contribution in [0.3, 0.4) is 0 Å². The quantitative estimate of drug-likeness (QED) is 0.750. The smallest absolute Gasteiger partial charge is 0.315 e. The van der Waals surface area contributed by atoms with Crippen LogP contribution >= 0.6 is 0 Å². The van der Waals surface area contributed by atoms with E-state index in [-0.39, 0.29) is 23.6 Å². The number of nitrogens with one attached hydrogen (secondary N) is 2. The van der Waals surface area contributed by atoms with Crippen LogP contribution in [0.25, 0.3) is 0 Å². The molecule has 0 aliphatic carbocycles. The number of carbonyl (C=O) groups is 1. The van der Waals surface area contributed by atoms with Crippen molar-refractivity contribution in [3.8, 4) is 0 Å². The zero-order chi connectivity index (χ0) is 17.6. The second-order valence-corrected chi connectivity index (χ2v) is 7.67. The Morgan fingerprint density at radius 1 is 1.38 bits per heavy atom. The van der Waals surface area contributed by atoms with E-state index in [2.05, 4.69) is 41.5 Å². The predicted molar refractivity (Wildman–Crippen MR) is 98.3 cm³/mol. The lowest BCUT2D eigenvalue weighted by Gasteiger charge is -2.35. The van der Waals surface area contributed by atoms with Crippen LogP contribution in [0.15, 0.2) is 30.3 Å². The molecule has 0 unspecified atom stereocenters. The van der Waals surface area contributed by atoms with Crippen molar-refractivity contribution in [2.24, 2.45) is 5.41 Å².